The number of rotatable bonds is 2. The molecule has 5 heteroatoms. The van der Waals surface area contributed by atoms with Gasteiger partial charge in [0.15, 0.2) is 4.51 Å². The van der Waals surface area contributed by atoms with Gasteiger partial charge in [-0.15, -0.1) is 0 Å². The predicted octanol–water partition coefficient (Wildman–Crippen LogP) is 2.88. The summed E-state index contributed by atoms with van der Waals surface area (Å²) in [7, 11) is 0. The van der Waals surface area contributed by atoms with Crippen LogP contribution in [0.25, 0.3) is 0 Å². The lowest BCUT2D eigenvalue weighted by Gasteiger charge is -2.39. The van der Waals surface area contributed by atoms with E-state index >= 15 is 0 Å². The molecule has 0 N–H and O–H groups in total. The smallest absolute Gasteiger partial charge is 0.170 e. The van der Waals surface area contributed by atoms with E-state index in [2.05, 4.69) is 38.1 Å². The highest BCUT2D eigenvalue weighted by atomic mass is 79.9. The Morgan fingerprint density at radius 1 is 1.33 bits per heavy atom. The Hall–Kier alpha value is -1.20. The Morgan fingerprint density at radius 2 is 2.17 bits per heavy atom. The molecule has 3 rings (SSSR count). The van der Waals surface area contributed by atoms with E-state index in [9.17, 15) is 0 Å². The van der Waals surface area contributed by atoms with Crippen LogP contribution in [0.2, 0.25) is 0 Å². The molecule has 0 saturated carbocycles. The number of nitrogens with zero attached hydrogens (tertiary/aromatic N) is 3. The Labute approximate surface area is 114 Å². The molecule has 18 heavy (non-hydrogen) atoms. The van der Waals surface area contributed by atoms with Crippen LogP contribution in [-0.4, -0.2) is 21.4 Å². The lowest BCUT2D eigenvalue weighted by atomic mass is 9.96. The molecule has 1 aliphatic rings. The van der Waals surface area contributed by atoms with Gasteiger partial charge in [0.05, 0.1) is 6.04 Å². The second-order valence-corrected chi connectivity index (χ2v) is 5.57. The third kappa shape index (κ3) is 1.97. The largest absolute Gasteiger partial charge is 0.357 e. The maximum Gasteiger partial charge on any atom is 0.170 e. The standard InChI is InChI=1S/C13H14BrN3O/c14-13(11-5-2-1-3-6-11)12(7-4-8-18-13)17-10-15-9-16-17/h1-3,5-6,9-10,12H,4,7-8H2. The first kappa shape index (κ1) is 11.9. The summed E-state index contributed by atoms with van der Waals surface area (Å²) in [5, 5.41) is 4.26. The zero-order valence-corrected chi connectivity index (χ0v) is 11.5. The molecule has 0 bridgehead atoms. The van der Waals surface area contributed by atoms with Crippen molar-refractivity contribution in [3.63, 3.8) is 0 Å². The molecule has 0 amide bonds. The second-order valence-electron chi connectivity index (χ2n) is 4.39. The fraction of sp³-hybridized carbons (Fsp3) is 0.385. The molecule has 1 aromatic heterocycles. The summed E-state index contributed by atoms with van der Waals surface area (Å²) in [5.41, 5.74) is 1.12. The summed E-state index contributed by atoms with van der Waals surface area (Å²) in [4.78, 5) is 4.03. The Bertz CT molecular complexity index is 502. The minimum absolute atomic E-state index is 0.121. The zero-order valence-electron chi connectivity index (χ0n) is 9.87. The van der Waals surface area contributed by atoms with Crippen molar-refractivity contribution in [3.05, 3.63) is 48.5 Å². The zero-order chi connectivity index (χ0) is 12.4. The number of hydrogen-bond donors (Lipinski definition) is 0. The SMILES string of the molecule is BrC1(c2ccccc2)OCCCC1n1cncn1. The summed E-state index contributed by atoms with van der Waals surface area (Å²) >= 11 is 3.78. The molecular weight excluding hydrogens is 294 g/mol. The number of ether oxygens (including phenoxy) is 1. The van der Waals surface area contributed by atoms with Crippen LogP contribution < -0.4 is 0 Å². The van der Waals surface area contributed by atoms with Crippen molar-refractivity contribution in [3.8, 4) is 0 Å². The van der Waals surface area contributed by atoms with E-state index < -0.39 is 4.51 Å². The van der Waals surface area contributed by atoms with Gasteiger partial charge in [-0.3, -0.25) is 0 Å². The molecule has 2 aromatic rings. The molecule has 94 valence electrons. The number of hydrogen-bond acceptors (Lipinski definition) is 3. The van der Waals surface area contributed by atoms with E-state index in [0.29, 0.717) is 0 Å². The van der Waals surface area contributed by atoms with Gasteiger partial charge in [0.2, 0.25) is 0 Å². The average molecular weight is 308 g/mol. The monoisotopic (exact) mass is 307 g/mol. The predicted molar refractivity (Wildman–Crippen MR) is 71.3 cm³/mol. The van der Waals surface area contributed by atoms with Gasteiger partial charge in [0.1, 0.15) is 12.7 Å². The lowest BCUT2D eigenvalue weighted by molar-refractivity contribution is -0.0494. The molecule has 1 aromatic carbocycles. The van der Waals surface area contributed by atoms with Gasteiger partial charge in [-0.05, 0) is 34.3 Å². The first-order valence-corrected chi connectivity index (χ1v) is 6.82. The number of aromatic nitrogens is 3. The van der Waals surface area contributed by atoms with E-state index in [1.807, 2.05) is 22.9 Å². The summed E-state index contributed by atoms with van der Waals surface area (Å²) in [5.74, 6) is 0. The fourth-order valence-electron chi connectivity index (χ4n) is 2.40. The molecule has 0 spiro atoms. The quantitative estimate of drug-likeness (QED) is 0.801. The van der Waals surface area contributed by atoms with E-state index in [1.165, 1.54) is 0 Å². The topological polar surface area (TPSA) is 39.9 Å². The van der Waals surface area contributed by atoms with E-state index in [1.54, 1.807) is 12.7 Å². The van der Waals surface area contributed by atoms with Crippen molar-refractivity contribution in [2.75, 3.05) is 6.61 Å². The minimum atomic E-state index is -0.514. The summed E-state index contributed by atoms with van der Waals surface area (Å²) < 4.78 is 7.38. The molecule has 4 nitrogen and oxygen atoms in total. The highest BCUT2D eigenvalue weighted by Gasteiger charge is 2.43. The van der Waals surface area contributed by atoms with Crippen LogP contribution in [-0.2, 0) is 9.25 Å². The van der Waals surface area contributed by atoms with Crippen molar-refractivity contribution in [1.82, 2.24) is 14.8 Å². The molecular formula is C13H14BrN3O. The van der Waals surface area contributed by atoms with Crippen LogP contribution in [0.3, 0.4) is 0 Å². The Morgan fingerprint density at radius 3 is 2.89 bits per heavy atom. The number of benzene rings is 1. The number of alkyl halides is 1. The maximum absolute atomic E-state index is 6.02. The maximum atomic E-state index is 6.02. The third-order valence-corrected chi connectivity index (χ3v) is 4.50. The van der Waals surface area contributed by atoms with E-state index in [4.69, 9.17) is 4.74 Å². The van der Waals surface area contributed by atoms with Gasteiger partial charge in [0.25, 0.3) is 0 Å². The van der Waals surface area contributed by atoms with Crippen molar-refractivity contribution in [2.45, 2.75) is 23.4 Å². The van der Waals surface area contributed by atoms with Crippen LogP contribution in [0.4, 0.5) is 0 Å². The lowest BCUT2D eigenvalue weighted by Crippen LogP contribution is -2.38. The van der Waals surface area contributed by atoms with E-state index in [0.717, 1.165) is 25.0 Å². The van der Waals surface area contributed by atoms with Crippen LogP contribution >= 0.6 is 15.9 Å². The fourth-order valence-corrected chi connectivity index (χ4v) is 3.27. The molecule has 1 saturated heterocycles. The van der Waals surface area contributed by atoms with Crippen LogP contribution in [0.15, 0.2) is 43.0 Å². The van der Waals surface area contributed by atoms with Crippen LogP contribution in [0.5, 0.6) is 0 Å². The molecule has 0 aliphatic carbocycles. The van der Waals surface area contributed by atoms with Gasteiger partial charge in [-0.2, -0.15) is 5.10 Å². The van der Waals surface area contributed by atoms with Gasteiger partial charge in [-0.1, -0.05) is 30.3 Å². The third-order valence-electron chi connectivity index (χ3n) is 3.29. The number of halogens is 1. The highest BCUT2D eigenvalue weighted by Crippen LogP contribution is 2.47. The van der Waals surface area contributed by atoms with Crippen molar-refractivity contribution in [1.29, 1.82) is 0 Å². The Balaban J connectivity index is 2.01. The summed E-state index contributed by atoms with van der Waals surface area (Å²) in [6.45, 7) is 0.755. The average Bonchev–Trinajstić information content (AvgIpc) is 2.94. The molecule has 2 heterocycles. The van der Waals surface area contributed by atoms with Crippen molar-refractivity contribution < 1.29 is 4.74 Å². The van der Waals surface area contributed by atoms with Gasteiger partial charge in [0, 0.05) is 6.61 Å². The molecule has 1 aliphatic heterocycles. The van der Waals surface area contributed by atoms with Crippen LogP contribution in [0, 0.1) is 0 Å². The Kier molecular flexibility index (Phi) is 3.18. The highest BCUT2D eigenvalue weighted by molar-refractivity contribution is 9.09. The molecule has 1 fully saturated rings. The summed E-state index contributed by atoms with van der Waals surface area (Å²) in [6.07, 6.45) is 5.36. The molecule has 0 radical (unpaired) electrons. The normalized spacial score (nSPS) is 28.2. The first-order valence-electron chi connectivity index (χ1n) is 6.03. The summed E-state index contributed by atoms with van der Waals surface area (Å²) in [6, 6.07) is 10.3. The second kappa shape index (κ2) is 4.82. The van der Waals surface area contributed by atoms with Crippen molar-refractivity contribution >= 4 is 15.9 Å². The van der Waals surface area contributed by atoms with Gasteiger partial charge < -0.3 is 4.74 Å². The molecule has 2 atom stereocenters. The molecule has 2 unspecified atom stereocenters. The van der Waals surface area contributed by atoms with Crippen LogP contribution in [0.1, 0.15) is 24.4 Å². The van der Waals surface area contributed by atoms with Gasteiger partial charge in [-0.25, -0.2) is 9.67 Å². The van der Waals surface area contributed by atoms with E-state index in [-0.39, 0.29) is 6.04 Å². The minimum Gasteiger partial charge on any atom is -0.357 e. The van der Waals surface area contributed by atoms with Gasteiger partial charge >= 0.3 is 0 Å². The first-order chi connectivity index (χ1) is 8.81. The van der Waals surface area contributed by atoms with Crippen molar-refractivity contribution in [2.24, 2.45) is 0 Å².